The van der Waals surface area contributed by atoms with Crippen LogP contribution in [0.25, 0.3) is 0 Å². The maximum absolute atomic E-state index is 2.65. The van der Waals surface area contributed by atoms with Crippen molar-refractivity contribution in [3.8, 4) is 0 Å². The molecular weight excluding hydrogens is 941 g/mol. The molecule has 0 atom stereocenters. The van der Waals surface area contributed by atoms with Gasteiger partial charge in [0.15, 0.2) is 0 Å². The predicted octanol–water partition coefficient (Wildman–Crippen LogP) is 13.1. The van der Waals surface area contributed by atoms with Gasteiger partial charge >= 0.3 is 265 Å². The Labute approximate surface area is 261 Å². The summed E-state index contributed by atoms with van der Waals surface area (Å²) in [5, 5.41) is 0. The second-order valence-corrected chi connectivity index (χ2v) is 73.5. The fourth-order valence-electron chi connectivity index (χ4n) is 4.37. The van der Waals surface area contributed by atoms with Crippen molar-refractivity contribution in [1.82, 2.24) is 0 Å². The van der Waals surface area contributed by atoms with Crippen molar-refractivity contribution < 1.29 is -0.254 Å². The third kappa shape index (κ3) is 36.3. The van der Waals surface area contributed by atoms with E-state index in [1.807, 2.05) is 0 Å². The van der Waals surface area contributed by atoms with Crippen LogP contribution in [0.1, 0.15) is 119 Å². The van der Waals surface area contributed by atoms with Crippen LogP contribution < -0.4 is 0 Å². The molecule has 33 heavy (non-hydrogen) atoms. The normalized spacial score (nSPS) is 13.5. The summed E-state index contributed by atoms with van der Waals surface area (Å²) in [5.41, 5.74) is 0. The Hall–Kier alpha value is 4.29. The van der Waals surface area contributed by atoms with Crippen LogP contribution in [0.15, 0.2) is 0 Å². The first-order chi connectivity index (χ1) is 15.4. The van der Waals surface area contributed by atoms with Crippen molar-refractivity contribution in [1.29, 1.82) is 0 Å². The standard InChI is InChI=1S/2C13H31P.Co.4HI/c2*1-5-8-11-14(4,12-9-6-2)13-10-7-3;;;;;/h2*14H,5-13H2,1-4H3;;4*1H/q;;+4;;;;/p-4. The van der Waals surface area contributed by atoms with Gasteiger partial charge in [-0.1, -0.05) is 0 Å². The molecule has 0 heterocycles. The van der Waals surface area contributed by atoms with Crippen molar-refractivity contribution in [2.24, 2.45) is 0 Å². The molecule has 0 unspecified atom stereocenters. The fraction of sp³-hybridized carbons (Fsp3) is 1.00. The monoisotopic (exact) mass is 1000 g/mol. The van der Waals surface area contributed by atoms with Crippen molar-refractivity contribution >= 4 is 96.2 Å². The zero-order chi connectivity index (χ0) is 26.2. The molecular formula is C26H62CoI4P2. The van der Waals surface area contributed by atoms with Gasteiger partial charge in [0, 0.05) is 0 Å². The molecule has 0 N–H and O–H groups in total. The molecule has 0 aromatic carbocycles. The van der Waals surface area contributed by atoms with Crippen molar-refractivity contribution in [3.05, 3.63) is 0 Å². The van der Waals surface area contributed by atoms with E-state index >= 15 is 0 Å². The third-order valence-corrected chi connectivity index (χ3v) is 16.2. The number of hydrogen-bond acceptors (Lipinski definition) is 0. The van der Waals surface area contributed by atoms with E-state index in [0.29, 0.717) is 0 Å². The molecule has 0 spiro atoms. The molecule has 0 aliphatic carbocycles. The molecule has 0 bridgehead atoms. The first kappa shape index (κ1) is 41.8. The van der Waals surface area contributed by atoms with E-state index in [-0.39, 0.29) is 0 Å². The Balaban J connectivity index is -0.000000453. The van der Waals surface area contributed by atoms with Crippen LogP contribution in [0.3, 0.4) is 0 Å². The third-order valence-electron chi connectivity index (χ3n) is 6.80. The van der Waals surface area contributed by atoms with Crippen LogP contribution >= 0.6 is 96.2 Å². The van der Waals surface area contributed by atoms with Gasteiger partial charge < -0.3 is 0 Å². The first-order valence-electron chi connectivity index (χ1n) is 13.9. The summed E-state index contributed by atoms with van der Waals surface area (Å²) in [4.78, 5) is 0. The second kappa shape index (κ2) is 27.8. The van der Waals surface area contributed by atoms with Gasteiger partial charge in [-0.3, -0.25) is 0 Å². The SMILES string of the molecule is CCCC[PH](C)(CCCC)CCCC.CCCC[PH](C)(CCCC)CCCC.[I][Co]([I])([I])[I]. The molecule has 0 fully saturated rings. The van der Waals surface area contributed by atoms with E-state index in [9.17, 15) is 0 Å². The number of halogens is 4. The zero-order valence-electron chi connectivity index (χ0n) is 23.6. The fourth-order valence-corrected chi connectivity index (χ4v) is 13.1. The van der Waals surface area contributed by atoms with Crippen LogP contribution in [0.4, 0.5) is 0 Å². The number of unbranched alkanes of at least 4 members (excludes halogenated alkanes) is 6. The Kier molecular flexibility index (Phi) is 35.2. The first-order valence-corrected chi connectivity index (χ1v) is 33.5. The minimum absolute atomic E-state index is 0.495. The Morgan fingerprint density at radius 2 is 0.515 bits per heavy atom. The van der Waals surface area contributed by atoms with Crippen LogP contribution in [-0.2, 0) is -0.254 Å². The second-order valence-electron chi connectivity index (χ2n) is 10.5. The average Bonchev–Trinajstić information content (AvgIpc) is 2.75. The topological polar surface area (TPSA) is 0 Å². The van der Waals surface area contributed by atoms with E-state index in [2.05, 4.69) is 137 Å². The van der Waals surface area contributed by atoms with Crippen LogP contribution in [0, 0.1) is 0 Å². The van der Waals surface area contributed by atoms with Crippen molar-refractivity contribution in [2.75, 3.05) is 50.3 Å². The summed E-state index contributed by atoms with van der Waals surface area (Å²) in [6, 6.07) is 0. The summed E-state index contributed by atoms with van der Waals surface area (Å²) in [6.07, 6.45) is 26.8. The Morgan fingerprint density at radius 3 is 0.606 bits per heavy atom. The Bertz CT molecular complexity index is 313. The quantitative estimate of drug-likeness (QED) is 0.0948. The Morgan fingerprint density at radius 1 is 0.394 bits per heavy atom. The van der Waals surface area contributed by atoms with E-state index in [4.69, 9.17) is 0 Å². The van der Waals surface area contributed by atoms with Gasteiger partial charge in [0.2, 0.25) is 0 Å². The van der Waals surface area contributed by atoms with Crippen LogP contribution in [0.5, 0.6) is 0 Å². The molecule has 0 aliphatic heterocycles. The molecule has 7 heteroatoms. The summed E-state index contributed by atoms with van der Waals surface area (Å²) in [5.74, 6) is 0. The van der Waals surface area contributed by atoms with Gasteiger partial charge in [0.1, 0.15) is 0 Å². The van der Waals surface area contributed by atoms with Crippen LogP contribution in [-0.4, -0.2) is 50.3 Å². The van der Waals surface area contributed by atoms with E-state index in [1.54, 1.807) is 37.0 Å². The molecule has 0 aliphatic rings. The van der Waals surface area contributed by atoms with Crippen molar-refractivity contribution in [2.45, 2.75) is 119 Å². The predicted molar refractivity (Wildman–Crippen MR) is 203 cm³/mol. The summed E-state index contributed by atoms with van der Waals surface area (Å²) >= 11 is 9.79. The molecule has 0 radical (unpaired) electrons. The maximum atomic E-state index is 2.65. The summed E-state index contributed by atoms with van der Waals surface area (Å²) < 4.78 is -0.495. The summed E-state index contributed by atoms with van der Waals surface area (Å²) in [7, 11) is -1.62. The molecule has 0 saturated heterocycles. The minimum atomic E-state index is -0.812. The van der Waals surface area contributed by atoms with E-state index in [1.165, 1.54) is 77.0 Å². The van der Waals surface area contributed by atoms with E-state index < -0.39 is 14.3 Å². The molecule has 0 aromatic rings. The molecule has 0 nitrogen and oxygen atoms in total. The number of hydrogen-bond donors (Lipinski definition) is 0. The molecule has 0 saturated carbocycles. The average molecular weight is 1000 g/mol. The van der Waals surface area contributed by atoms with Gasteiger partial charge in [-0.2, -0.15) is 0 Å². The van der Waals surface area contributed by atoms with E-state index in [0.717, 1.165) is 0 Å². The molecule has 0 aromatic heterocycles. The molecule has 0 amide bonds. The van der Waals surface area contributed by atoms with Gasteiger partial charge in [0.25, 0.3) is 0 Å². The molecule has 0 rings (SSSR count). The van der Waals surface area contributed by atoms with Crippen molar-refractivity contribution in [3.63, 3.8) is 0 Å². The van der Waals surface area contributed by atoms with Gasteiger partial charge in [-0.25, -0.2) is 0 Å². The van der Waals surface area contributed by atoms with Gasteiger partial charge in [0.05, 0.1) is 0 Å². The zero-order valence-corrected chi connectivity index (χ0v) is 35.2. The van der Waals surface area contributed by atoms with Gasteiger partial charge in [-0.15, -0.1) is 0 Å². The van der Waals surface area contributed by atoms with Gasteiger partial charge in [-0.05, 0) is 0 Å². The van der Waals surface area contributed by atoms with Crippen LogP contribution in [0.2, 0.25) is 0 Å². The number of rotatable bonds is 18. The summed E-state index contributed by atoms with van der Waals surface area (Å²) in [6.45, 7) is 19.3. The molecule has 213 valence electrons.